The molecule has 0 amide bonds. The third-order valence-corrected chi connectivity index (χ3v) is 4.51. The molecule has 1 fully saturated rings. The first-order valence-electron chi connectivity index (χ1n) is 6.59. The van der Waals surface area contributed by atoms with E-state index in [0.29, 0.717) is 12.6 Å². The minimum Gasteiger partial charge on any atom is -0.389 e. The van der Waals surface area contributed by atoms with Crippen molar-refractivity contribution >= 4 is 11.3 Å². The Morgan fingerprint density at radius 1 is 1.47 bits per heavy atom. The standard InChI is InChI=1S/C13H22N2OS/c1-2-11(12-14-8-9-17-12)15-10-13(16)6-4-3-5-7-13/h8-9,11,15-16H,2-7,10H2,1H3. The summed E-state index contributed by atoms with van der Waals surface area (Å²) in [6.07, 6.45) is 8.33. The summed E-state index contributed by atoms with van der Waals surface area (Å²) < 4.78 is 0. The van der Waals surface area contributed by atoms with E-state index in [1.54, 1.807) is 11.3 Å². The van der Waals surface area contributed by atoms with Gasteiger partial charge in [-0.1, -0.05) is 26.2 Å². The molecule has 0 aliphatic heterocycles. The van der Waals surface area contributed by atoms with Crippen molar-refractivity contribution in [2.75, 3.05) is 6.54 Å². The van der Waals surface area contributed by atoms with Gasteiger partial charge in [0.2, 0.25) is 0 Å². The highest BCUT2D eigenvalue weighted by molar-refractivity contribution is 7.09. The molecule has 0 aromatic carbocycles. The Morgan fingerprint density at radius 2 is 2.24 bits per heavy atom. The molecule has 1 aliphatic carbocycles. The van der Waals surface area contributed by atoms with Crippen LogP contribution in [0.4, 0.5) is 0 Å². The average Bonchev–Trinajstić information content (AvgIpc) is 2.84. The van der Waals surface area contributed by atoms with E-state index < -0.39 is 5.60 Å². The van der Waals surface area contributed by atoms with E-state index in [9.17, 15) is 5.11 Å². The fraction of sp³-hybridized carbons (Fsp3) is 0.769. The molecule has 0 bridgehead atoms. The lowest BCUT2D eigenvalue weighted by Crippen LogP contribution is -2.43. The fourth-order valence-electron chi connectivity index (χ4n) is 2.51. The smallest absolute Gasteiger partial charge is 0.109 e. The van der Waals surface area contributed by atoms with Crippen LogP contribution in [-0.4, -0.2) is 22.2 Å². The van der Waals surface area contributed by atoms with E-state index in [-0.39, 0.29) is 0 Å². The lowest BCUT2D eigenvalue weighted by molar-refractivity contribution is 0.00248. The SMILES string of the molecule is CCC(NCC1(O)CCCCC1)c1nccs1. The minimum atomic E-state index is -0.483. The average molecular weight is 254 g/mol. The van der Waals surface area contributed by atoms with Crippen LogP contribution in [0.2, 0.25) is 0 Å². The van der Waals surface area contributed by atoms with Crippen molar-refractivity contribution in [1.29, 1.82) is 0 Å². The Bertz CT molecular complexity index is 320. The molecule has 0 spiro atoms. The molecule has 1 atom stereocenters. The van der Waals surface area contributed by atoms with E-state index in [0.717, 1.165) is 37.1 Å². The quantitative estimate of drug-likeness (QED) is 0.849. The second-order valence-electron chi connectivity index (χ2n) is 5.00. The molecule has 3 nitrogen and oxygen atoms in total. The second kappa shape index (κ2) is 5.94. The van der Waals surface area contributed by atoms with Gasteiger partial charge in [0.05, 0.1) is 11.6 Å². The molecule has 2 rings (SSSR count). The summed E-state index contributed by atoms with van der Waals surface area (Å²) in [5, 5.41) is 17.1. The Balaban J connectivity index is 1.87. The zero-order valence-corrected chi connectivity index (χ0v) is 11.3. The summed E-state index contributed by atoms with van der Waals surface area (Å²) >= 11 is 1.69. The Kier molecular flexibility index (Phi) is 4.54. The normalized spacial score (nSPS) is 21.3. The molecular weight excluding hydrogens is 232 g/mol. The van der Waals surface area contributed by atoms with Gasteiger partial charge >= 0.3 is 0 Å². The molecule has 0 saturated heterocycles. The highest BCUT2D eigenvalue weighted by Crippen LogP contribution is 2.28. The third kappa shape index (κ3) is 3.50. The molecular formula is C13H22N2OS. The maximum atomic E-state index is 10.4. The van der Waals surface area contributed by atoms with Gasteiger partial charge in [-0.25, -0.2) is 4.98 Å². The van der Waals surface area contributed by atoms with E-state index in [2.05, 4.69) is 17.2 Å². The van der Waals surface area contributed by atoms with Crippen LogP contribution >= 0.6 is 11.3 Å². The first kappa shape index (κ1) is 13.0. The predicted molar refractivity (Wildman–Crippen MR) is 71.2 cm³/mol. The molecule has 4 heteroatoms. The van der Waals surface area contributed by atoms with Gasteiger partial charge in [-0.2, -0.15) is 0 Å². The maximum Gasteiger partial charge on any atom is 0.109 e. The van der Waals surface area contributed by atoms with Gasteiger partial charge in [-0.15, -0.1) is 11.3 Å². The van der Waals surface area contributed by atoms with Gasteiger partial charge in [-0.05, 0) is 19.3 Å². The van der Waals surface area contributed by atoms with Crippen LogP contribution in [-0.2, 0) is 0 Å². The number of hydrogen-bond donors (Lipinski definition) is 2. The largest absolute Gasteiger partial charge is 0.389 e. The van der Waals surface area contributed by atoms with Crippen molar-refractivity contribution in [2.45, 2.75) is 57.1 Å². The van der Waals surface area contributed by atoms with Gasteiger partial charge < -0.3 is 10.4 Å². The topological polar surface area (TPSA) is 45.1 Å². The summed E-state index contributed by atoms with van der Waals surface area (Å²) in [5.41, 5.74) is -0.483. The number of aliphatic hydroxyl groups is 1. The summed E-state index contributed by atoms with van der Waals surface area (Å²) in [4.78, 5) is 4.35. The lowest BCUT2D eigenvalue weighted by Gasteiger charge is -2.33. The van der Waals surface area contributed by atoms with E-state index in [4.69, 9.17) is 0 Å². The number of hydrogen-bond acceptors (Lipinski definition) is 4. The highest BCUT2D eigenvalue weighted by atomic mass is 32.1. The van der Waals surface area contributed by atoms with Crippen molar-refractivity contribution in [1.82, 2.24) is 10.3 Å². The van der Waals surface area contributed by atoms with E-state index in [1.807, 2.05) is 11.6 Å². The molecule has 1 aromatic rings. The molecule has 2 N–H and O–H groups in total. The first-order chi connectivity index (χ1) is 8.23. The fourth-order valence-corrected chi connectivity index (χ4v) is 3.31. The van der Waals surface area contributed by atoms with E-state index >= 15 is 0 Å². The summed E-state index contributed by atoms with van der Waals surface area (Å²) in [7, 11) is 0. The molecule has 1 unspecified atom stereocenters. The maximum absolute atomic E-state index is 10.4. The van der Waals surface area contributed by atoms with Crippen LogP contribution < -0.4 is 5.32 Å². The Hall–Kier alpha value is -0.450. The number of aromatic nitrogens is 1. The molecule has 96 valence electrons. The Labute approximate surface area is 107 Å². The van der Waals surface area contributed by atoms with Crippen molar-refractivity contribution in [3.05, 3.63) is 16.6 Å². The molecule has 1 saturated carbocycles. The van der Waals surface area contributed by atoms with Crippen molar-refractivity contribution < 1.29 is 5.11 Å². The van der Waals surface area contributed by atoms with Crippen molar-refractivity contribution in [3.8, 4) is 0 Å². The summed E-state index contributed by atoms with van der Waals surface area (Å²) in [6.45, 7) is 2.86. The monoisotopic (exact) mass is 254 g/mol. The molecule has 1 aromatic heterocycles. The number of rotatable bonds is 5. The molecule has 1 heterocycles. The van der Waals surface area contributed by atoms with Crippen LogP contribution in [0.25, 0.3) is 0 Å². The van der Waals surface area contributed by atoms with Crippen LogP contribution in [0.15, 0.2) is 11.6 Å². The first-order valence-corrected chi connectivity index (χ1v) is 7.47. The molecule has 17 heavy (non-hydrogen) atoms. The molecule has 0 radical (unpaired) electrons. The van der Waals surface area contributed by atoms with Gasteiger partial charge in [0.1, 0.15) is 5.01 Å². The number of thiazole rings is 1. The number of nitrogens with zero attached hydrogens (tertiary/aromatic N) is 1. The zero-order chi connectivity index (χ0) is 12.1. The third-order valence-electron chi connectivity index (χ3n) is 3.62. The van der Waals surface area contributed by atoms with Crippen LogP contribution in [0, 0.1) is 0 Å². The van der Waals surface area contributed by atoms with Crippen molar-refractivity contribution in [2.24, 2.45) is 0 Å². The molecule has 1 aliphatic rings. The summed E-state index contributed by atoms with van der Waals surface area (Å²) in [6, 6.07) is 0.293. The van der Waals surface area contributed by atoms with E-state index in [1.165, 1.54) is 6.42 Å². The summed E-state index contributed by atoms with van der Waals surface area (Å²) in [5.74, 6) is 0. The van der Waals surface area contributed by atoms with Gasteiger partial charge in [0.25, 0.3) is 0 Å². The minimum absolute atomic E-state index is 0.293. The predicted octanol–water partition coefficient (Wildman–Crippen LogP) is 2.88. The second-order valence-corrected chi connectivity index (χ2v) is 5.92. The number of nitrogens with one attached hydrogen (secondary N) is 1. The van der Waals surface area contributed by atoms with Crippen LogP contribution in [0.1, 0.15) is 56.5 Å². The zero-order valence-electron chi connectivity index (χ0n) is 10.5. The van der Waals surface area contributed by atoms with Gasteiger partial charge in [0.15, 0.2) is 0 Å². The highest BCUT2D eigenvalue weighted by Gasteiger charge is 2.29. The van der Waals surface area contributed by atoms with Crippen molar-refractivity contribution in [3.63, 3.8) is 0 Å². The van der Waals surface area contributed by atoms with Gasteiger partial charge in [0, 0.05) is 18.1 Å². The van der Waals surface area contributed by atoms with Crippen LogP contribution in [0.3, 0.4) is 0 Å². The Morgan fingerprint density at radius 3 is 2.82 bits per heavy atom. The lowest BCUT2D eigenvalue weighted by atomic mass is 9.84. The van der Waals surface area contributed by atoms with Gasteiger partial charge in [-0.3, -0.25) is 0 Å². The van der Waals surface area contributed by atoms with Crippen LogP contribution in [0.5, 0.6) is 0 Å².